The van der Waals surface area contributed by atoms with Crippen molar-refractivity contribution in [1.29, 1.82) is 0 Å². The van der Waals surface area contributed by atoms with Crippen molar-refractivity contribution in [3.8, 4) is 0 Å². The van der Waals surface area contributed by atoms with Gasteiger partial charge in [-0.3, -0.25) is 4.79 Å². The molecule has 0 saturated heterocycles. The molecule has 7 nitrogen and oxygen atoms in total. The molecule has 1 aromatic rings. The second kappa shape index (κ2) is 5.78. The van der Waals surface area contributed by atoms with Crippen molar-refractivity contribution in [1.82, 2.24) is 0 Å². The number of nitrogens with two attached hydrogens (primary N) is 1. The van der Waals surface area contributed by atoms with E-state index in [9.17, 15) is 14.4 Å². The number of carbonyl (C=O) groups is 3. The molecule has 2 atom stereocenters. The summed E-state index contributed by atoms with van der Waals surface area (Å²) in [5.41, 5.74) is 5.24. The van der Waals surface area contributed by atoms with Crippen LogP contribution in [-0.4, -0.2) is 40.3 Å². The molecule has 0 aromatic heterocycles. The number of carboxylic acids is 2. The van der Waals surface area contributed by atoms with Gasteiger partial charge in [-0.25, -0.2) is 9.59 Å². The quantitative estimate of drug-likeness (QED) is 0.615. The summed E-state index contributed by atoms with van der Waals surface area (Å²) in [5.74, 6) is -4.13. The summed E-state index contributed by atoms with van der Waals surface area (Å²) in [4.78, 5) is 32.9. The lowest BCUT2D eigenvalue weighted by molar-refractivity contribution is -0.155. The molecule has 96 valence electrons. The lowest BCUT2D eigenvalue weighted by Gasteiger charge is -2.17. The second-order valence-electron chi connectivity index (χ2n) is 3.39. The molecule has 0 aliphatic rings. The molecule has 0 saturated carbocycles. The van der Waals surface area contributed by atoms with Gasteiger partial charge in [0.25, 0.3) is 0 Å². The molecule has 0 spiro atoms. The van der Waals surface area contributed by atoms with Gasteiger partial charge in [0.05, 0.1) is 5.56 Å². The summed E-state index contributed by atoms with van der Waals surface area (Å²) in [6, 6.07) is 5.78. The van der Waals surface area contributed by atoms with E-state index >= 15 is 0 Å². The minimum Gasteiger partial charge on any atom is -0.480 e. The Bertz CT molecular complexity index is 458. The molecule has 0 heterocycles. The van der Waals surface area contributed by atoms with Crippen LogP contribution in [0.15, 0.2) is 30.3 Å². The molecule has 0 aliphatic carbocycles. The van der Waals surface area contributed by atoms with E-state index in [1.807, 2.05) is 0 Å². The number of benzene rings is 1. The van der Waals surface area contributed by atoms with Gasteiger partial charge in [-0.05, 0) is 12.1 Å². The number of rotatable bonds is 5. The van der Waals surface area contributed by atoms with E-state index in [1.165, 1.54) is 12.1 Å². The van der Waals surface area contributed by atoms with Crippen molar-refractivity contribution in [2.75, 3.05) is 0 Å². The molecule has 7 heteroatoms. The predicted octanol–water partition coefficient (Wildman–Crippen LogP) is -0.292. The zero-order valence-corrected chi connectivity index (χ0v) is 9.15. The van der Waals surface area contributed by atoms with Crippen molar-refractivity contribution in [3.63, 3.8) is 0 Å². The summed E-state index contributed by atoms with van der Waals surface area (Å²) < 4.78 is 4.58. The molecular formula is C11H11NO6. The van der Waals surface area contributed by atoms with E-state index in [1.54, 1.807) is 18.2 Å². The zero-order valence-electron chi connectivity index (χ0n) is 9.15. The number of carboxylic acid groups (broad SMARTS) is 2. The highest BCUT2D eigenvalue weighted by Gasteiger charge is 2.34. The number of hydrogen-bond acceptors (Lipinski definition) is 5. The topological polar surface area (TPSA) is 127 Å². The van der Waals surface area contributed by atoms with Crippen LogP contribution in [0.25, 0.3) is 0 Å². The Morgan fingerprint density at radius 2 is 1.61 bits per heavy atom. The SMILES string of the molecule is N[C@@H](C(=O)O)[C@@H](OC(=O)c1ccccc1)C(=O)O. The average molecular weight is 253 g/mol. The summed E-state index contributed by atoms with van der Waals surface area (Å²) in [5, 5.41) is 17.4. The summed E-state index contributed by atoms with van der Waals surface area (Å²) >= 11 is 0. The van der Waals surface area contributed by atoms with Gasteiger partial charge in [0.1, 0.15) is 0 Å². The van der Waals surface area contributed by atoms with E-state index < -0.39 is 30.1 Å². The van der Waals surface area contributed by atoms with Gasteiger partial charge in [0, 0.05) is 0 Å². The highest BCUT2D eigenvalue weighted by atomic mass is 16.6. The maximum absolute atomic E-state index is 11.6. The largest absolute Gasteiger partial charge is 0.480 e. The van der Waals surface area contributed by atoms with E-state index in [0.29, 0.717) is 0 Å². The van der Waals surface area contributed by atoms with Crippen LogP contribution >= 0.6 is 0 Å². The molecule has 1 rings (SSSR count). The maximum Gasteiger partial charge on any atom is 0.347 e. The van der Waals surface area contributed by atoms with Crippen molar-refractivity contribution < 1.29 is 29.3 Å². The molecule has 0 bridgehead atoms. The maximum atomic E-state index is 11.6. The van der Waals surface area contributed by atoms with E-state index in [4.69, 9.17) is 15.9 Å². The molecule has 0 radical (unpaired) electrons. The first-order chi connectivity index (χ1) is 8.43. The second-order valence-corrected chi connectivity index (χ2v) is 3.39. The Morgan fingerprint density at radius 3 is 2.06 bits per heavy atom. The molecule has 18 heavy (non-hydrogen) atoms. The Kier molecular flexibility index (Phi) is 4.39. The van der Waals surface area contributed by atoms with Gasteiger partial charge in [0.2, 0.25) is 6.10 Å². The number of esters is 1. The fourth-order valence-corrected chi connectivity index (χ4v) is 1.16. The van der Waals surface area contributed by atoms with Crippen LogP contribution in [0.3, 0.4) is 0 Å². The minimum absolute atomic E-state index is 0.112. The highest BCUT2D eigenvalue weighted by molar-refractivity contribution is 5.93. The van der Waals surface area contributed by atoms with Gasteiger partial charge in [0.15, 0.2) is 6.04 Å². The molecule has 1 aromatic carbocycles. The van der Waals surface area contributed by atoms with Crippen LogP contribution in [0.1, 0.15) is 10.4 Å². The Hall–Kier alpha value is -2.41. The van der Waals surface area contributed by atoms with Crippen molar-refractivity contribution >= 4 is 17.9 Å². The first-order valence-corrected chi connectivity index (χ1v) is 4.90. The third kappa shape index (κ3) is 3.29. The molecule has 0 fully saturated rings. The first kappa shape index (κ1) is 13.7. The third-order valence-corrected chi connectivity index (χ3v) is 2.10. The third-order valence-electron chi connectivity index (χ3n) is 2.10. The zero-order chi connectivity index (χ0) is 13.7. The van der Waals surface area contributed by atoms with Crippen LogP contribution in [0, 0.1) is 0 Å². The van der Waals surface area contributed by atoms with Crippen molar-refractivity contribution in [2.24, 2.45) is 5.73 Å². The predicted molar refractivity (Wildman–Crippen MR) is 58.9 cm³/mol. The normalized spacial score (nSPS) is 13.4. The standard InChI is InChI=1S/C11H11NO6/c12-7(9(13)14)8(10(15)16)18-11(17)6-4-2-1-3-5-6/h1-5,7-8H,12H2,(H,13,14)(H,15,16)/t7-,8-/m1/s1. The Morgan fingerprint density at radius 1 is 1.06 bits per heavy atom. The van der Waals surface area contributed by atoms with Gasteiger partial charge >= 0.3 is 17.9 Å². The highest BCUT2D eigenvalue weighted by Crippen LogP contribution is 2.06. The molecular weight excluding hydrogens is 242 g/mol. The lowest BCUT2D eigenvalue weighted by Crippen LogP contribution is -2.48. The van der Waals surface area contributed by atoms with Gasteiger partial charge < -0.3 is 20.7 Å². The van der Waals surface area contributed by atoms with Crippen LogP contribution in [0.2, 0.25) is 0 Å². The monoisotopic (exact) mass is 253 g/mol. The van der Waals surface area contributed by atoms with E-state index in [0.717, 1.165) is 0 Å². The fourth-order valence-electron chi connectivity index (χ4n) is 1.16. The molecule has 0 amide bonds. The van der Waals surface area contributed by atoms with Gasteiger partial charge in [-0.15, -0.1) is 0 Å². The summed E-state index contributed by atoms with van der Waals surface area (Å²) in [6.07, 6.45) is -1.93. The molecule has 4 N–H and O–H groups in total. The van der Waals surface area contributed by atoms with Crippen LogP contribution in [-0.2, 0) is 14.3 Å². The Labute approximate surface area is 102 Å². The van der Waals surface area contributed by atoms with Gasteiger partial charge in [-0.1, -0.05) is 18.2 Å². The average Bonchev–Trinajstić information content (AvgIpc) is 2.35. The lowest BCUT2D eigenvalue weighted by atomic mass is 10.1. The van der Waals surface area contributed by atoms with Crippen LogP contribution in [0.5, 0.6) is 0 Å². The van der Waals surface area contributed by atoms with E-state index in [2.05, 4.69) is 4.74 Å². The first-order valence-electron chi connectivity index (χ1n) is 4.90. The van der Waals surface area contributed by atoms with Crippen molar-refractivity contribution in [2.45, 2.75) is 12.1 Å². The Balaban J connectivity index is 2.83. The minimum atomic E-state index is -1.93. The molecule has 0 unspecified atom stereocenters. The van der Waals surface area contributed by atoms with Crippen LogP contribution < -0.4 is 5.73 Å². The number of ether oxygens (including phenoxy) is 1. The number of aliphatic carboxylic acids is 2. The molecule has 0 aliphatic heterocycles. The fraction of sp³-hybridized carbons (Fsp3) is 0.182. The van der Waals surface area contributed by atoms with Crippen molar-refractivity contribution in [3.05, 3.63) is 35.9 Å². The van der Waals surface area contributed by atoms with Gasteiger partial charge in [-0.2, -0.15) is 0 Å². The van der Waals surface area contributed by atoms with Crippen LogP contribution in [0.4, 0.5) is 0 Å². The summed E-state index contributed by atoms with van der Waals surface area (Å²) in [6.45, 7) is 0. The summed E-state index contributed by atoms with van der Waals surface area (Å²) in [7, 11) is 0. The smallest absolute Gasteiger partial charge is 0.347 e. The number of carbonyl (C=O) groups excluding carboxylic acids is 1. The number of hydrogen-bond donors (Lipinski definition) is 3. The van der Waals surface area contributed by atoms with E-state index in [-0.39, 0.29) is 5.56 Å².